The Balaban J connectivity index is 0.000000457. The number of hydrogen-bond donors (Lipinski definition) is 2. The number of amides is 1. The van der Waals surface area contributed by atoms with Crippen molar-refractivity contribution in [3.8, 4) is 0 Å². The fraction of sp³-hybridized carbons (Fsp3) is 0.405. The van der Waals surface area contributed by atoms with Crippen molar-refractivity contribution in [3.63, 3.8) is 0 Å². The van der Waals surface area contributed by atoms with Gasteiger partial charge in [0, 0.05) is 17.5 Å². The minimum Gasteiger partial charge on any atom is -0.343 e. The molecule has 2 rings (SSSR count). The van der Waals surface area contributed by atoms with Crippen LogP contribution in [-0.2, 0) is 0 Å². The standard InChI is InChI=1S/C23H33NO.C14H16F3NO/c1-5-8-19(17-24)9-7-10-23(25)22-15-13-21(14-16-22)20(6-2)12-11-18(3)4;1-4-5-11-9(2)6-7-12(10(11)3)13(19)18-8-14(15,16)17/h6,11-16,19H,3,5,7-10,17,24H2,1-2,4H3;5-7H,2,4,8H2,1,3H3,(H,18,19)/b12-11-,20-6+;11-5+. The van der Waals surface area contributed by atoms with E-state index in [1.807, 2.05) is 62.5 Å². The second kappa shape index (κ2) is 19.5. The first-order chi connectivity index (χ1) is 20.8. The first kappa shape index (κ1) is 38.3. The quantitative estimate of drug-likeness (QED) is 0.169. The molecule has 1 amide bonds. The third-order valence-electron chi connectivity index (χ3n) is 7.15. The zero-order valence-corrected chi connectivity index (χ0v) is 26.9. The Hall–Kier alpha value is -3.71. The molecule has 0 aromatic heterocycles. The number of hydrogen-bond acceptors (Lipinski definition) is 3. The molecule has 7 heteroatoms. The van der Waals surface area contributed by atoms with Gasteiger partial charge in [0.05, 0.1) is 0 Å². The summed E-state index contributed by atoms with van der Waals surface area (Å²) in [4.78, 5) is 24.1. The van der Waals surface area contributed by atoms with E-state index in [2.05, 4.69) is 32.2 Å². The van der Waals surface area contributed by atoms with Crippen LogP contribution in [0.2, 0.25) is 0 Å². The summed E-state index contributed by atoms with van der Waals surface area (Å²) >= 11 is 0. The van der Waals surface area contributed by atoms with E-state index in [0.717, 1.165) is 71.4 Å². The van der Waals surface area contributed by atoms with Crippen molar-refractivity contribution in [3.05, 3.63) is 99.5 Å². The largest absolute Gasteiger partial charge is 0.405 e. The van der Waals surface area contributed by atoms with Crippen LogP contribution in [-0.4, -0.2) is 31.0 Å². The van der Waals surface area contributed by atoms with Crippen LogP contribution >= 0.6 is 0 Å². The summed E-state index contributed by atoms with van der Waals surface area (Å²) in [5.74, 6) is 0.0523. The Morgan fingerprint density at radius 2 is 1.66 bits per heavy atom. The molecule has 0 saturated carbocycles. The van der Waals surface area contributed by atoms with Gasteiger partial charge in [0.25, 0.3) is 5.91 Å². The number of halogens is 3. The van der Waals surface area contributed by atoms with Crippen molar-refractivity contribution in [2.24, 2.45) is 11.7 Å². The van der Waals surface area contributed by atoms with E-state index in [0.29, 0.717) is 17.9 Å². The van der Waals surface area contributed by atoms with E-state index in [1.165, 1.54) is 6.07 Å². The van der Waals surface area contributed by atoms with Crippen molar-refractivity contribution in [1.82, 2.24) is 5.32 Å². The molecule has 0 bridgehead atoms. The van der Waals surface area contributed by atoms with Gasteiger partial charge in [-0.05, 0) is 92.1 Å². The van der Waals surface area contributed by atoms with Crippen molar-refractivity contribution in [1.29, 1.82) is 0 Å². The van der Waals surface area contributed by atoms with Crippen LogP contribution in [0.5, 0.6) is 0 Å². The highest BCUT2D eigenvalue weighted by atomic mass is 19.4. The molecule has 0 fully saturated rings. The molecule has 0 spiro atoms. The Bertz CT molecular complexity index is 1400. The number of carbonyl (C=O) groups excluding carboxylic acids is 2. The molecule has 0 aliphatic carbocycles. The molecule has 2 aromatic carbocycles. The summed E-state index contributed by atoms with van der Waals surface area (Å²) in [5, 5.41) is 3.43. The van der Waals surface area contributed by atoms with Crippen molar-refractivity contribution in [2.45, 2.75) is 79.3 Å². The first-order valence-corrected chi connectivity index (χ1v) is 15.2. The van der Waals surface area contributed by atoms with Gasteiger partial charge in [-0.15, -0.1) is 0 Å². The lowest BCUT2D eigenvalue weighted by molar-refractivity contribution is -0.123. The molecule has 0 aliphatic heterocycles. The molecule has 0 heterocycles. The van der Waals surface area contributed by atoms with E-state index in [-0.39, 0.29) is 11.3 Å². The predicted molar refractivity (Wildman–Crippen MR) is 179 cm³/mol. The average Bonchev–Trinajstić information content (AvgIpc) is 2.98. The summed E-state index contributed by atoms with van der Waals surface area (Å²) in [6.07, 6.45) is 9.25. The van der Waals surface area contributed by atoms with Gasteiger partial charge in [0.1, 0.15) is 6.54 Å². The molecule has 240 valence electrons. The number of carbonyl (C=O) groups is 2. The van der Waals surface area contributed by atoms with Gasteiger partial charge in [-0.3, -0.25) is 9.59 Å². The van der Waals surface area contributed by atoms with Gasteiger partial charge >= 0.3 is 6.18 Å². The van der Waals surface area contributed by atoms with Gasteiger partial charge in [0.15, 0.2) is 5.78 Å². The first-order valence-electron chi connectivity index (χ1n) is 15.2. The highest BCUT2D eigenvalue weighted by Gasteiger charge is 2.28. The van der Waals surface area contributed by atoms with Gasteiger partial charge in [-0.2, -0.15) is 13.2 Å². The van der Waals surface area contributed by atoms with Crippen LogP contribution in [0.15, 0.2) is 66.8 Å². The maximum atomic E-state index is 12.4. The number of nitrogens with one attached hydrogen (secondary N) is 1. The molecule has 3 N–H and O–H groups in total. The lowest BCUT2D eigenvalue weighted by Gasteiger charge is -2.12. The number of nitrogens with two attached hydrogens (primary N) is 1. The maximum absolute atomic E-state index is 12.4. The van der Waals surface area contributed by atoms with Gasteiger partial charge in [-0.25, -0.2) is 0 Å². The van der Waals surface area contributed by atoms with Gasteiger partial charge in [0.2, 0.25) is 0 Å². The number of allylic oxidation sites excluding steroid dienone is 5. The summed E-state index contributed by atoms with van der Waals surface area (Å²) in [6.45, 7) is 16.9. The lowest BCUT2D eigenvalue weighted by atomic mass is 9.95. The number of Topliss-reactive ketones (excluding diaryl/α,β-unsaturated/α-hetero) is 1. The molecule has 44 heavy (non-hydrogen) atoms. The topological polar surface area (TPSA) is 72.2 Å². The molecule has 1 unspecified atom stereocenters. The molecule has 0 radical (unpaired) electrons. The van der Waals surface area contributed by atoms with Gasteiger partial charge in [-0.1, -0.05) is 93.6 Å². The zero-order valence-electron chi connectivity index (χ0n) is 26.9. The highest BCUT2D eigenvalue weighted by molar-refractivity contribution is 5.96. The van der Waals surface area contributed by atoms with E-state index in [9.17, 15) is 22.8 Å². The number of alkyl halides is 3. The smallest absolute Gasteiger partial charge is 0.343 e. The molecular weight excluding hydrogens is 561 g/mol. The number of ketones is 1. The molecule has 2 aromatic rings. The molecule has 0 aliphatic rings. The second-order valence-electron chi connectivity index (χ2n) is 10.9. The minimum absolute atomic E-state index is 0.221. The molecular formula is C37H49F3N2O2. The third kappa shape index (κ3) is 13.7. The van der Waals surface area contributed by atoms with Crippen LogP contribution in [0.3, 0.4) is 0 Å². The van der Waals surface area contributed by atoms with E-state index >= 15 is 0 Å². The highest BCUT2D eigenvalue weighted by Crippen LogP contribution is 2.20. The summed E-state index contributed by atoms with van der Waals surface area (Å²) in [5.41, 5.74) is 10.7. The van der Waals surface area contributed by atoms with Crippen molar-refractivity contribution in [2.75, 3.05) is 13.1 Å². The van der Waals surface area contributed by atoms with Crippen molar-refractivity contribution >= 4 is 29.9 Å². The van der Waals surface area contributed by atoms with E-state index in [1.54, 1.807) is 13.0 Å². The number of rotatable bonds is 14. The Morgan fingerprint density at radius 1 is 1.02 bits per heavy atom. The third-order valence-corrected chi connectivity index (χ3v) is 7.15. The maximum Gasteiger partial charge on any atom is 0.405 e. The lowest BCUT2D eigenvalue weighted by Crippen LogP contribution is -2.36. The molecule has 4 nitrogen and oxygen atoms in total. The Kier molecular flexibility index (Phi) is 17.0. The van der Waals surface area contributed by atoms with Crippen LogP contribution in [0.1, 0.15) is 98.1 Å². The van der Waals surface area contributed by atoms with E-state index in [4.69, 9.17) is 5.73 Å². The monoisotopic (exact) mass is 610 g/mol. The fourth-order valence-electron chi connectivity index (χ4n) is 4.72. The Morgan fingerprint density at radius 3 is 2.18 bits per heavy atom. The van der Waals surface area contributed by atoms with Gasteiger partial charge < -0.3 is 11.1 Å². The predicted octanol–water partition coefficient (Wildman–Crippen LogP) is 7.84. The zero-order chi connectivity index (χ0) is 33.3. The Labute approximate surface area is 261 Å². The molecule has 1 atom stereocenters. The van der Waals surface area contributed by atoms with E-state index < -0.39 is 18.6 Å². The van der Waals surface area contributed by atoms with Crippen molar-refractivity contribution < 1.29 is 22.8 Å². The van der Waals surface area contributed by atoms with Crippen LogP contribution < -0.4 is 21.5 Å². The normalized spacial score (nSPS) is 12.9. The fourth-order valence-corrected chi connectivity index (χ4v) is 4.72. The summed E-state index contributed by atoms with van der Waals surface area (Å²) in [6, 6.07) is 11.0. The van der Waals surface area contributed by atoms with Crippen LogP contribution in [0.4, 0.5) is 13.2 Å². The van der Waals surface area contributed by atoms with Crippen LogP contribution in [0, 0.1) is 12.8 Å². The SMILES string of the molecule is C=C(C)/C=C\C(=C/C)c1ccc(C(=O)CCCC(CN)CCC)cc1.C=c1ccc(C(=O)NCC(F)(F)F)c(C)/c1=C/CC. The minimum atomic E-state index is -4.41. The average molecular weight is 611 g/mol. The summed E-state index contributed by atoms with van der Waals surface area (Å²) < 4.78 is 36.2. The summed E-state index contributed by atoms with van der Waals surface area (Å²) in [7, 11) is 0. The van der Waals surface area contributed by atoms with Crippen LogP contribution in [0.25, 0.3) is 18.2 Å². The molecule has 0 saturated heterocycles. The number of benzene rings is 2. The second-order valence-corrected chi connectivity index (χ2v) is 10.9.